The molecule has 0 aliphatic heterocycles. The molecule has 0 aromatic heterocycles. The Morgan fingerprint density at radius 3 is 2.19 bits per heavy atom. The molecular weight excluding hydrogens is 600 g/mol. The van der Waals surface area contributed by atoms with Crippen molar-refractivity contribution in [2.45, 2.75) is 63.5 Å². The number of rotatable bonds is 3. The Bertz CT molecular complexity index is 620. The van der Waals surface area contributed by atoms with Gasteiger partial charge in [0.05, 0.1) is 16.1 Å². The Morgan fingerprint density at radius 1 is 1.23 bits per heavy atom. The van der Waals surface area contributed by atoms with E-state index in [4.69, 9.17) is 28.9 Å². The summed E-state index contributed by atoms with van der Waals surface area (Å²) in [5, 5.41) is 11.8. The van der Waals surface area contributed by atoms with E-state index in [9.17, 15) is 9.60 Å². The second kappa shape index (κ2) is 9.44. The van der Waals surface area contributed by atoms with E-state index in [0.29, 0.717) is 22.5 Å². The number of hydrogen-bond donors (Lipinski definition) is 2. The van der Waals surface area contributed by atoms with Crippen LogP contribution in [0.2, 0.25) is 10.0 Å². The monoisotopic (exact) mass is 626 g/mol. The van der Waals surface area contributed by atoms with Crippen molar-refractivity contribution >= 4 is 23.2 Å². The summed E-state index contributed by atoms with van der Waals surface area (Å²) in [5.74, 6) is 0.313. The number of benzene rings is 1. The third-order valence-electron chi connectivity index (χ3n) is 6.25. The van der Waals surface area contributed by atoms with Crippen LogP contribution >= 0.6 is 23.2 Å². The number of hydroxylamine groups is 2. The van der Waals surface area contributed by atoms with Crippen molar-refractivity contribution in [3.05, 3.63) is 33.6 Å². The number of hydrogen-bond acceptors (Lipinski definition) is 3. The van der Waals surface area contributed by atoms with Crippen LogP contribution in [-0.4, -0.2) is 23.4 Å². The van der Waals surface area contributed by atoms with E-state index < -0.39 is 11.9 Å². The standard InChI is InChI=1S/C15H18Cl2FNO.C4H9N.U/c1-19(20)14(15-6-4-9(8-15)5-7-15)12-11(18)3-2-10(16)13(12)17;5-4-2-1-3-4;/h2-3,9,14,20H,4-8H2,1H3;4H,1-3,5H2;. The first-order valence-electron chi connectivity index (χ1n) is 9.15. The molecule has 3 aliphatic carbocycles. The van der Waals surface area contributed by atoms with E-state index in [1.807, 2.05) is 0 Å². The predicted octanol–water partition coefficient (Wildman–Crippen LogP) is 5.57. The first-order valence-corrected chi connectivity index (χ1v) is 9.90. The Balaban J connectivity index is 0.000000351. The Labute approximate surface area is 189 Å². The summed E-state index contributed by atoms with van der Waals surface area (Å²) in [4.78, 5) is 0. The molecule has 3 N–H and O–H groups in total. The minimum atomic E-state index is -0.429. The molecule has 1 unspecified atom stereocenters. The minimum absolute atomic E-state index is 0. The molecule has 2 bridgehead atoms. The van der Waals surface area contributed by atoms with Gasteiger partial charge in [-0.2, -0.15) is 5.06 Å². The molecule has 3 aliphatic rings. The van der Waals surface area contributed by atoms with E-state index in [0.717, 1.165) is 37.2 Å². The van der Waals surface area contributed by atoms with Crippen LogP contribution in [-0.2, 0) is 0 Å². The van der Waals surface area contributed by atoms with Crippen LogP contribution in [0.4, 0.5) is 4.39 Å². The average molecular weight is 627 g/mol. The first-order chi connectivity index (χ1) is 11.8. The van der Waals surface area contributed by atoms with Crippen LogP contribution in [0.3, 0.4) is 0 Å². The van der Waals surface area contributed by atoms with Crippen LogP contribution in [0, 0.1) is 48.3 Å². The van der Waals surface area contributed by atoms with Crippen molar-refractivity contribution in [2.24, 2.45) is 17.1 Å². The topological polar surface area (TPSA) is 49.5 Å². The second-order valence-electron chi connectivity index (χ2n) is 7.93. The van der Waals surface area contributed by atoms with Gasteiger partial charge < -0.3 is 10.9 Å². The van der Waals surface area contributed by atoms with Crippen molar-refractivity contribution in [3.8, 4) is 0 Å². The van der Waals surface area contributed by atoms with Gasteiger partial charge >= 0.3 is 0 Å². The van der Waals surface area contributed by atoms with E-state index in [1.54, 1.807) is 7.05 Å². The molecule has 3 fully saturated rings. The van der Waals surface area contributed by atoms with Gasteiger partial charge in [-0.25, -0.2) is 4.39 Å². The zero-order chi connectivity index (χ0) is 18.2. The van der Waals surface area contributed by atoms with Gasteiger partial charge in [0.25, 0.3) is 0 Å². The molecule has 3 saturated carbocycles. The normalized spacial score (nSPS) is 28.2. The maximum atomic E-state index is 14.3. The largest absolute Gasteiger partial charge is 0.328 e. The summed E-state index contributed by atoms with van der Waals surface area (Å²) in [7, 11) is 1.57. The van der Waals surface area contributed by atoms with Crippen molar-refractivity contribution < 1.29 is 40.7 Å². The maximum absolute atomic E-state index is 14.3. The molecule has 1 aromatic carbocycles. The van der Waals surface area contributed by atoms with Gasteiger partial charge in [-0.1, -0.05) is 29.6 Å². The van der Waals surface area contributed by atoms with E-state index in [-0.39, 0.29) is 41.6 Å². The Hall–Kier alpha value is 0.662. The van der Waals surface area contributed by atoms with Crippen LogP contribution in [0.15, 0.2) is 12.1 Å². The molecule has 0 heterocycles. The average Bonchev–Trinajstić information content (AvgIpc) is 3.14. The molecule has 0 spiro atoms. The van der Waals surface area contributed by atoms with Crippen LogP contribution < -0.4 is 5.73 Å². The zero-order valence-corrected chi connectivity index (χ0v) is 20.8. The molecule has 1 aromatic rings. The van der Waals surface area contributed by atoms with Crippen molar-refractivity contribution in [1.29, 1.82) is 0 Å². The van der Waals surface area contributed by atoms with Crippen LogP contribution in [0.25, 0.3) is 0 Å². The summed E-state index contributed by atoms with van der Waals surface area (Å²) in [6, 6.07) is 2.93. The molecule has 0 amide bonds. The van der Waals surface area contributed by atoms with Gasteiger partial charge in [0.1, 0.15) is 5.82 Å². The third-order valence-corrected chi connectivity index (χ3v) is 7.07. The van der Waals surface area contributed by atoms with Crippen LogP contribution in [0.1, 0.15) is 63.0 Å². The number of nitrogens with zero attached hydrogens (tertiary/aromatic N) is 1. The van der Waals surface area contributed by atoms with Gasteiger partial charge in [0.15, 0.2) is 0 Å². The molecule has 3 nitrogen and oxygen atoms in total. The number of fused-ring (bicyclic) bond motifs is 2. The fourth-order valence-electron chi connectivity index (χ4n) is 4.74. The molecule has 26 heavy (non-hydrogen) atoms. The second-order valence-corrected chi connectivity index (χ2v) is 8.72. The fraction of sp³-hybridized carbons (Fsp3) is 0.684. The quantitative estimate of drug-likeness (QED) is 0.341. The minimum Gasteiger partial charge on any atom is -0.328 e. The van der Waals surface area contributed by atoms with Gasteiger partial charge in [-0.3, -0.25) is 0 Å². The maximum Gasteiger partial charge on any atom is 0.129 e. The van der Waals surface area contributed by atoms with Gasteiger partial charge in [-0.05, 0) is 68.4 Å². The fourth-order valence-corrected chi connectivity index (χ4v) is 5.16. The van der Waals surface area contributed by atoms with Crippen molar-refractivity contribution in [1.82, 2.24) is 5.06 Å². The summed E-state index contributed by atoms with van der Waals surface area (Å²) in [6.45, 7) is 0. The van der Waals surface area contributed by atoms with Gasteiger partial charge in [-0.15, -0.1) is 0 Å². The summed E-state index contributed by atoms with van der Waals surface area (Å²) < 4.78 is 14.3. The van der Waals surface area contributed by atoms with Crippen LogP contribution in [0.5, 0.6) is 0 Å². The molecule has 4 rings (SSSR count). The summed E-state index contributed by atoms with van der Waals surface area (Å²) in [6.07, 6.45) is 9.26. The third kappa shape index (κ3) is 4.62. The molecule has 0 radical (unpaired) electrons. The molecular formula is C19H27Cl2FN2OU. The zero-order valence-electron chi connectivity index (χ0n) is 15.1. The Morgan fingerprint density at radius 2 is 1.81 bits per heavy atom. The first kappa shape index (κ1) is 22.9. The van der Waals surface area contributed by atoms with Gasteiger partial charge in [0.2, 0.25) is 0 Å². The SMILES string of the molecule is CN(O)C(c1c(F)ccc(Cl)c1Cl)C12CCC(CC1)C2.NC1CCC1.[U]. The number of halogens is 3. The molecule has 144 valence electrons. The smallest absolute Gasteiger partial charge is 0.129 e. The van der Waals surface area contributed by atoms with Crippen molar-refractivity contribution in [3.63, 3.8) is 0 Å². The summed E-state index contributed by atoms with van der Waals surface area (Å²) >= 11 is 12.3. The molecule has 7 heteroatoms. The van der Waals surface area contributed by atoms with E-state index in [1.165, 1.54) is 31.4 Å². The summed E-state index contributed by atoms with van der Waals surface area (Å²) in [5.41, 5.74) is 5.64. The predicted molar refractivity (Wildman–Crippen MR) is 99.5 cm³/mol. The Kier molecular flexibility index (Phi) is 8.33. The molecule has 0 saturated heterocycles. The van der Waals surface area contributed by atoms with Crippen molar-refractivity contribution in [2.75, 3.05) is 7.05 Å². The van der Waals surface area contributed by atoms with E-state index in [2.05, 4.69) is 0 Å². The van der Waals surface area contributed by atoms with Gasteiger partial charge in [0, 0.05) is 49.8 Å². The number of nitrogens with two attached hydrogens (primary N) is 1. The molecule has 1 atom stereocenters. The van der Waals surface area contributed by atoms with E-state index >= 15 is 0 Å².